The van der Waals surface area contributed by atoms with E-state index >= 15 is 0 Å². The first kappa shape index (κ1) is 12.2. The summed E-state index contributed by atoms with van der Waals surface area (Å²) in [6.45, 7) is 1.85. The van der Waals surface area contributed by atoms with E-state index in [1.54, 1.807) is 0 Å². The predicted molar refractivity (Wildman–Crippen MR) is 51.5 cm³/mol. The normalized spacial score (nSPS) is 17.0. The Morgan fingerprint density at radius 3 is 3.00 bits per heavy atom. The Bertz CT molecular complexity index is 332. The average Bonchev–Trinajstić information content (AvgIpc) is 2.54. The number of halogens is 1. The van der Waals surface area contributed by atoms with Crippen LogP contribution in [-0.2, 0) is 9.09 Å². The lowest BCUT2D eigenvalue weighted by Gasteiger charge is -2.14. The van der Waals surface area contributed by atoms with Gasteiger partial charge in [-0.3, -0.25) is 4.52 Å². The number of nitrogens with two attached hydrogens (primary N) is 1. The second-order valence-corrected chi connectivity index (χ2v) is 4.10. The third-order valence-electron chi connectivity index (χ3n) is 1.51. The maximum absolute atomic E-state index is 13.2. The van der Waals surface area contributed by atoms with Crippen molar-refractivity contribution in [3.05, 3.63) is 18.7 Å². The van der Waals surface area contributed by atoms with Gasteiger partial charge in [-0.25, -0.2) is 9.55 Å². The summed E-state index contributed by atoms with van der Waals surface area (Å²) in [6.07, 6.45) is 3.97. The van der Waals surface area contributed by atoms with Crippen LogP contribution in [0.4, 0.5) is 4.20 Å². The van der Waals surface area contributed by atoms with E-state index < -0.39 is 14.1 Å². The third kappa shape index (κ3) is 4.42. The Balaban J connectivity index is 2.48. The second kappa shape index (κ2) is 5.25. The Kier molecular flexibility index (Phi) is 4.26. The fourth-order valence-electron chi connectivity index (χ4n) is 0.926. The standard InChI is InChI=1S/C7H13FN3O3P/c1-2-3-7(9)13-15(8,12)14-11-5-4-10-6-11/h4-7H,2-3,9H2,1H3. The van der Waals surface area contributed by atoms with Crippen LogP contribution in [0.3, 0.4) is 0 Å². The van der Waals surface area contributed by atoms with Gasteiger partial charge in [0.1, 0.15) is 12.6 Å². The van der Waals surface area contributed by atoms with E-state index in [1.807, 2.05) is 6.92 Å². The fraction of sp³-hybridized carbons (Fsp3) is 0.571. The second-order valence-electron chi connectivity index (χ2n) is 2.87. The fourth-order valence-corrected chi connectivity index (χ4v) is 1.72. The van der Waals surface area contributed by atoms with E-state index in [9.17, 15) is 8.76 Å². The summed E-state index contributed by atoms with van der Waals surface area (Å²) in [7, 11) is -4.67. The van der Waals surface area contributed by atoms with Gasteiger partial charge in [-0.05, 0) is 6.42 Å². The molecule has 0 aliphatic carbocycles. The third-order valence-corrected chi connectivity index (χ3v) is 2.41. The van der Waals surface area contributed by atoms with Crippen molar-refractivity contribution in [2.24, 2.45) is 5.73 Å². The molecule has 6 nitrogen and oxygen atoms in total. The van der Waals surface area contributed by atoms with Crippen molar-refractivity contribution in [2.75, 3.05) is 0 Å². The van der Waals surface area contributed by atoms with E-state index in [4.69, 9.17) is 5.73 Å². The lowest BCUT2D eigenvalue weighted by atomic mass is 10.3. The van der Waals surface area contributed by atoms with E-state index in [0.29, 0.717) is 12.8 Å². The molecule has 0 saturated heterocycles. The van der Waals surface area contributed by atoms with Gasteiger partial charge in [0.15, 0.2) is 0 Å². The van der Waals surface area contributed by atoms with Crippen molar-refractivity contribution in [3.63, 3.8) is 0 Å². The smallest absolute Gasteiger partial charge is 0.307 e. The molecule has 1 aromatic heterocycles. The number of hydrogen-bond acceptors (Lipinski definition) is 5. The van der Waals surface area contributed by atoms with Crippen molar-refractivity contribution in [1.29, 1.82) is 0 Å². The van der Waals surface area contributed by atoms with E-state index in [0.717, 1.165) is 11.1 Å². The molecule has 0 aliphatic rings. The highest BCUT2D eigenvalue weighted by Gasteiger charge is 2.29. The molecule has 0 fully saturated rings. The minimum atomic E-state index is -4.67. The Hall–Kier alpha value is -0.910. The van der Waals surface area contributed by atoms with Crippen LogP contribution in [0.5, 0.6) is 0 Å². The summed E-state index contributed by atoms with van der Waals surface area (Å²) in [5.41, 5.74) is 5.36. The zero-order valence-corrected chi connectivity index (χ0v) is 9.14. The van der Waals surface area contributed by atoms with Gasteiger partial charge >= 0.3 is 7.91 Å². The van der Waals surface area contributed by atoms with Crippen LogP contribution in [0.25, 0.3) is 0 Å². The first-order chi connectivity index (χ1) is 7.03. The molecule has 1 heterocycles. The molecule has 8 heteroatoms. The lowest BCUT2D eigenvalue weighted by Crippen LogP contribution is -2.23. The summed E-state index contributed by atoms with van der Waals surface area (Å²) in [4.78, 5) is 3.59. The largest absolute Gasteiger partial charge is 0.590 e. The molecular formula is C7H13FN3O3P. The SMILES string of the molecule is CCCC(N)OP(=O)(F)On1ccnc1. The maximum atomic E-state index is 13.2. The van der Waals surface area contributed by atoms with E-state index in [-0.39, 0.29) is 0 Å². The average molecular weight is 237 g/mol. The molecule has 0 amide bonds. The predicted octanol–water partition coefficient (Wildman–Crippen LogP) is 1.49. The molecule has 0 aromatic carbocycles. The van der Waals surface area contributed by atoms with Crippen LogP contribution in [0.15, 0.2) is 18.7 Å². The molecule has 0 bridgehead atoms. The highest BCUT2D eigenvalue weighted by atomic mass is 31.2. The zero-order chi connectivity index (χ0) is 11.3. The molecule has 2 N–H and O–H groups in total. The Morgan fingerprint density at radius 2 is 2.47 bits per heavy atom. The molecule has 0 spiro atoms. The van der Waals surface area contributed by atoms with Crippen LogP contribution in [0, 0.1) is 0 Å². The molecule has 1 rings (SSSR count). The minimum Gasteiger partial charge on any atom is -0.307 e. The first-order valence-electron chi connectivity index (χ1n) is 4.45. The van der Waals surface area contributed by atoms with Crippen molar-refractivity contribution < 1.29 is 17.9 Å². The minimum absolute atomic E-state index is 0.404. The summed E-state index contributed by atoms with van der Waals surface area (Å²) in [5.74, 6) is 0. The van der Waals surface area contributed by atoms with Crippen LogP contribution >= 0.6 is 7.91 Å². The first-order valence-corrected chi connectivity index (χ1v) is 5.88. The van der Waals surface area contributed by atoms with Gasteiger partial charge < -0.3 is 10.4 Å². The number of nitrogens with zero attached hydrogens (tertiary/aromatic N) is 2. The van der Waals surface area contributed by atoms with Gasteiger partial charge in [-0.2, -0.15) is 4.73 Å². The molecule has 15 heavy (non-hydrogen) atoms. The molecule has 2 atom stereocenters. The van der Waals surface area contributed by atoms with Crippen LogP contribution in [0.1, 0.15) is 19.8 Å². The van der Waals surface area contributed by atoms with Gasteiger partial charge in [0, 0.05) is 6.20 Å². The lowest BCUT2D eigenvalue weighted by molar-refractivity contribution is 0.113. The van der Waals surface area contributed by atoms with E-state index in [2.05, 4.69) is 14.1 Å². The summed E-state index contributed by atoms with van der Waals surface area (Å²) < 4.78 is 34.0. The number of hydrogen-bond donors (Lipinski definition) is 1. The van der Waals surface area contributed by atoms with Crippen molar-refractivity contribution in [3.8, 4) is 0 Å². The molecule has 1 aromatic rings. The van der Waals surface area contributed by atoms with Crippen molar-refractivity contribution >= 4 is 7.91 Å². The highest BCUT2D eigenvalue weighted by Crippen LogP contribution is 2.47. The van der Waals surface area contributed by atoms with Gasteiger partial charge in [-0.1, -0.05) is 13.3 Å². The molecule has 0 saturated carbocycles. The zero-order valence-electron chi connectivity index (χ0n) is 8.25. The quantitative estimate of drug-likeness (QED) is 0.599. The van der Waals surface area contributed by atoms with Crippen molar-refractivity contribution in [1.82, 2.24) is 9.71 Å². The van der Waals surface area contributed by atoms with Crippen molar-refractivity contribution in [2.45, 2.75) is 26.0 Å². The molecular weight excluding hydrogens is 224 g/mol. The monoisotopic (exact) mass is 237 g/mol. The number of imidazole rings is 1. The summed E-state index contributed by atoms with van der Waals surface area (Å²) >= 11 is 0. The topological polar surface area (TPSA) is 79.4 Å². The summed E-state index contributed by atoms with van der Waals surface area (Å²) in [6, 6.07) is 0. The maximum Gasteiger partial charge on any atom is 0.590 e. The van der Waals surface area contributed by atoms with Crippen LogP contribution < -0.4 is 10.4 Å². The highest BCUT2D eigenvalue weighted by molar-refractivity contribution is 7.48. The van der Waals surface area contributed by atoms with Gasteiger partial charge in [0.25, 0.3) is 0 Å². The molecule has 0 radical (unpaired) electrons. The van der Waals surface area contributed by atoms with Crippen LogP contribution in [0.2, 0.25) is 0 Å². The van der Waals surface area contributed by atoms with Gasteiger partial charge in [0.2, 0.25) is 0 Å². The van der Waals surface area contributed by atoms with Crippen LogP contribution in [-0.4, -0.2) is 15.9 Å². The summed E-state index contributed by atoms with van der Waals surface area (Å²) in [5, 5.41) is 0. The molecule has 86 valence electrons. The number of rotatable bonds is 6. The molecule has 0 aliphatic heterocycles. The molecule has 2 unspecified atom stereocenters. The Labute approximate surface area is 86.8 Å². The van der Waals surface area contributed by atoms with E-state index in [1.165, 1.54) is 12.4 Å². The van der Waals surface area contributed by atoms with Gasteiger partial charge in [-0.15, -0.1) is 4.20 Å². The Morgan fingerprint density at radius 1 is 1.73 bits per heavy atom. The van der Waals surface area contributed by atoms with Gasteiger partial charge in [0.05, 0.1) is 6.20 Å². The number of aromatic nitrogens is 2.